The highest BCUT2D eigenvalue weighted by molar-refractivity contribution is 5.32. The van der Waals surface area contributed by atoms with Crippen molar-refractivity contribution in [3.8, 4) is 0 Å². The summed E-state index contributed by atoms with van der Waals surface area (Å²) >= 11 is 0. The lowest BCUT2D eigenvalue weighted by Gasteiger charge is -2.09. The third-order valence-corrected chi connectivity index (χ3v) is 5.28. The molecule has 24 heavy (non-hydrogen) atoms. The highest BCUT2D eigenvalue weighted by atomic mass is 14.4. The van der Waals surface area contributed by atoms with Crippen LogP contribution >= 0.6 is 0 Å². The molecule has 0 amide bonds. The van der Waals surface area contributed by atoms with Gasteiger partial charge in [-0.05, 0) is 55.6 Å². The molecule has 1 aliphatic rings. The van der Waals surface area contributed by atoms with Crippen molar-refractivity contribution in [1.82, 2.24) is 0 Å². The predicted octanol–water partition coefficient (Wildman–Crippen LogP) is 6.76. The Bertz CT molecular complexity index is 591. The van der Waals surface area contributed by atoms with Gasteiger partial charge in [0.15, 0.2) is 0 Å². The summed E-state index contributed by atoms with van der Waals surface area (Å²) in [7, 11) is 0. The molecule has 0 nitrogen and oxygen atoms in total. The van der Waals surface area contributed by atoms with Crippen molar-refractivity contribution < 1.29 is 0 Å². The van der Waals surface area contributed by atoms with Gasteiger partial charge >= 0.3 is 0 Å². The first-order valence-corrected chi connectivity index (χ1v) is 9.65. The minimum Gasteiger partial charge on any atom is -0.0700 e. The van der Waals surface area contributed by atoms with Crippen LogP contribution in [0.25, 0.3) is 0 Å². The minimum absolute atomic E-state index is 0.909. The van der Waals surface area contributed by atoms with Crippen LogP contribution in [0.1, 0.15) is 56.6 Å². The van der Waals surface area contributed by atoms with Gasteiger partial charge in [-0.25, -0.2) is 0 Å². The summed E-state index contributed by atoms with van der Waals surface area (Å²) in [6.07, 6.45) is 10.4. The summed E-state index contributed by atoms with van der Waals surface area (Å²) in [6, 6.07) is 21.9. The summed E-state index contributed by atoms with van der Waals surface area (Å²) < 4.78 is 0. The van der Waals surface area contributed by atoms with Crippen LogP contribution in [0.3, 0.4) is 0 Å². The average molecular weight is 319 g/mol. The Morgan fingerprint density at radius 1 is 0.833 bits per heavy atom. The van der Waals surface area contributed by atoms with E-state index >= 15 is 0 Å². The van der Waals surface area contributed by atoms with E-state index in [0.717, 1.165) is 5.92 Å². The van der Waals surface area contributed by atoms with Gasteiger partial charge in [-0.2, -0.15) is 0 Å². The molecule has 0 heterocycles. The van der Waals surface area contributed by atoms with Crippen molar-refractivity contribution in [3.63, 3.8) is 0 Å². The van der Waals surface area contributed by atoms with Gasteiger partial charge in [0, 0.05) is 0 Å². The molecule has 2 aromatic carbocycles. The molecule has 1 saturated carbocycles. The van der Waals surface area contributed by atoms with E-state index in [0.29, 0.717) is 0 Å². The summed E-state index contributed by atoms with van der Waals surface area (Å²) in [5.74, 6) is 0.909. The smallest absolute Gasteiger partial charge is 0.0163 e. The molecule has 2 aromatic rings. The van der Waals surface area contributed by atoms with E-state index in [4.69, 9.17) is 0 Å². The second kappa shape index (κ2) is 8.87. The first kappa shape index (κ1) is 17.0. The van der Waals surface area contributed by atoms with E-state index in [2.05, 4.69) is 67.6 Å². The summed E-state index contributed by atoms with van der Waals surface area (Å²) in [6.45, 7) is 2.30. The van der Waals surface area contributed by atoms with Crippen molar-refractivity contribution in [2.75, 3.05) is 0 Å². The monoisotopic (exact) mass is 318 g/mol. The van der Waals surface area contributed by atoms with Crippen molar-refractivity contribution in [3.05, 3.63) is 82.9 Å². The lowest BCUT2D eigenvalue weighted by molar-refractivity contribution is 0.665. The maximum absolute atomic E-state index is 2.30. The van der Waals surface area contributed by atoms with Crippen LogP contribution in [0.4, 0.5) is 0 Å². The van der Waals surface area contributed by atoms with Crippen LogP contribution in [0.2, 0.25) is 0 Å². The maximum Gasteiger partial charge on any atom is -0.0163 e. The molecule has 126 valence electrons. The molecular formula is C24H30. The molecule has 0 saturated heterocycles. The first-order chi connectivity index (χ1) is 11.9. The fourth-order valence-electron chi connectivity index (χ4n) is 3.69. The van der Waals surface area contributed by atoms with E-state index in [1.54, 1.807) is 11.1 Å². The van der Waals surface area contributed by atoms with Crippen molar-refractivity contribution in [1.29, 1.82) is 0 Å². The zero-order chi connectivity index (χ0) is 16.6. The van der Waals surface area contributed by atoms with E-state index in [1.807, 2.05) is 0 Å². The number of aryl methyl sites for hydroxylation is 2. The first-order valence-electron chi connectivity index (χ1n) is 9.65. The Morgan fingerprint density at radius 3 is 1.88 bits per heavy atom. The van der Waals surface area contributed by atoms with Crippen LogP contribution in [0, 0.1) is 5.92 Å². The van der Waals surface area contributed by atoms with Gasteiger partial charge in [-0.1, -0.05) is 91.6 Å². The number of unbranched alkanes of at least 4 members (excludes halogenated alkanes) is 1. The standard InChI is InChI=1S/C24H30/c1-2-3-14-23-19-24(23)22(17-15-20-10-6-4-7-11-20)18-16-21-12-8-5-9-13-21/h4-13,23H,2-3,14-19H2,1H3. The van der Waals surface area contributed by atoms with Gasteiger partial charge in [0.25, 0.3) is 0 Å². The van der Waals surface area contributed by atoms with E-state index < -0.39 is 0 Å². The molecule has 0 aromatic heterocycles. The van der Waals surface area contributed by atoms with Crippen LogP contribution in [0.5, 0.6) is 0 Å². The van der Waals surface area contributed by atoms with Gasteiger partial charge < -0.3 is 0 Å². The second-order valence-electron chi connectivity index (χ2n) is 7.14. The number of allylic oxidation sites excluding steroid dienone is 2. The second-order valence-corrected chi connectivity index (χ2v) is 7.14. The van der Waals surface area contributed by atoms with Crippen LogP contribution in [-0.4, -0.2) is 0 Å². The van der Waals surface area contributed by atoms with E-state index in [-0.39, 0.29) is 0 Å². The number of hydrogen-bond acceptors (Lipinski definition) is 0. The molecule has 0 N–H and O–H groups in total. The minimum atomic E-state index is 0.909. The number of hydrogen-bond donors (Lipinski definition) is 0. The van der Waals surface area contributed by atoms with Crippen LogP contribution < -0.4 is 0 Å². The zero-order valence-corrected chi connectivity index (χ0v) is 15.0. The number of rotatable bonds is 9. The Morgan fingerprint density at radius 2 is 1.38 bits per heavy atom. The Kier molecular flexibility index (Phi) is 6.29. The molecule has 0 radical (unpaired) electrons. The molecule has 1 atom stereocenters. The van der Waals surface area contributed by atoms with Gasteiger partial charge in [0.05, 0.1) is 0 Å². The largest absolute Gasteiger partial charge is 0.0700 e. The molecule has 1 fully saturated rings. The molecule has 1 unspecified atom stereocenters. The summed E-state index contributed by atoms with van der Waals surface area (Å²) in [5.41, 5.74) is 6.50. The molecular weight excluding hydrogens is 288 g/mol. The molecule has 0 heteroatoms. The third-order valence-electron chi connectivity index (χ3n) is 5.28. The normalized spacial score (nSPS) is 16.2. The lowest BCUT2D eigenvalue weighted by Crippen LogP contribution is -1.94. The Balaban J connectivity index is 1.62. The van der Waals surface area contributed by atoms with Gasteiger partial charge in [0.1, 0.15) is 0 Å². The van der Waals surface area contributed by atoms with Gasteiger partial charge in [0.2, 0.25) is 0 Å². The highest BCUT2D eigenvalue weighted by Gasteiger charge is 2.31. The average Bonchev–Trinajstić information content (AvgIpc) is 3.41. The zero-order valence-electron chi connectivity index (χ0n) is 15.0. The van der Waals surface area contributed by atoms with Crippen LogP contribution in [-0.2, 0) is 12.8 Å². The predicted molar refractivity (Wildman–Crippen MR) is 104 cm³/mol. The molecule has 0 spiro atoms. The van der Waals surface area contributed by atoms with Crippen molar-refractivity contribution >= 4 is 0 Å². The SMILES string of the molecule is CCCCC1CC1=C(CCc1ccccc1)CCc1ccccc1. The fraction of sp³-hybridized carbons (Fsp3) is 0.417. The van der Waals surface area contributed by atoms with Crippen molar-refractivity contribution in [2.24, 2.45) is 5.92 Å². The number of benzene rings is 2. The molecule has 0 bridgehead atoms. The Hall–Kier alpha value is -1.82. The molecule has 0 aliphatic heterocycles. The van der Waals surface area contributed by atoms with Crippen LogP contribution in [0.15, 0.2) is 71.8 Å². The van der Waals surface area contributed by atoms with E-state index in [1.165, 1.54) is 62.5 Å². The van der Waals surface area contributed by atoms with Gasteiger partial charge in [-0.3, -0.25) is 0 Å². The summed E-state index contributed by atoms with van der Waals surface area (Å²) in [5, 5.41) is 0. The fourth-order valence-corrected chi connectivity index (χ4v) is 3.69. The third kappa shape index (κ3) is 5.09. The molecule has 1 aliphatic carbocycles. The van der Waals surface area contributed by atoms with Crippen molar-refractivity contribution in [2.45, 2.75) is 58.3 Å². The topological polar surface area (TPSA) is 0 Å². The Labute approximate surface area is 147 Å². The van der Waals surface area contributed by atoms with Gasteiger partial charge in [-0.15, -0.1) is 0 Å². The maximum atomic E-state index is 2.30. The molecule has 3 rings (SSSR count). The quantitative estimate of drug-likeness (QED) is 0.448. The van der Waals surface area contributed by atoms with E-state index in [9.17, 15) is 0 Å². The highest BCUT2D eigenvalue weighted by Crippen LogP contribution is 2.45. The lowest BCUT2D eigenvalue weighted by atomic mass is 9.97. The summed E-state index contributed by atoms with van der Waals surface area (Å²) in [4.78, 5) is 0.